The summed E-state index contributed by atoms with van der Waals surface area (Å²) in [6.45, 7) is 5.58. The van der Waals surface area contributed by atoms with Crippen molar-refractivity contribution in [2.45, 2.75) is 33.4 Å². The summed E-state index contributed by atoms with van der Waals surface area (Å²) in [4.78, 5) is 2.36. The lowest BCUT2D eigenvalue weighted by Gasteiger charge is -2.02. The predicted octanol–water partition coefficient (Wildman–Crippen LogP) is 2.95. The van der Waals surface area contributed by atoms with E-state index in [9.17, 15) is 8.78 Å². The average molecular weight is 249 g/mol. The molecule has 0 aliphatic carbocycles. The van der Waals surface area contributed by atoms with Gasteiger partial charge in [0.1, 0.15) is 6.61 Å². The molecule has 0 amide bonds. The number of hydrogen-bond donors (Lipinski definition) is 1. The Morgan fingerprint density at radius 3 is 2.88 bits per heavy atom. The van der Waals surface area contributed by atoms with Crippen molar-refractivity contribution in [2.75, 3.05) is 13.2 Å². The number of alkyl halides is 2. The first kappa shape index (κ1) is 13.5. The van der Waals surface area contributed by atoms with Crippen LogP contribution in [0.1, 0.15) is 22.2 Å². The summed E-state index contributed by atoms with van der Waals surface area (Å²) in [5.41, 5.74) is 1.01. The molecule has 0 fully saturated rings. The Bertz CT molecular complexity index is 315. The van der Waals surface area contributed by atoms with E-state index in [2.05, 4.69) is 5.32 Å². The summed E-state index contributed by atoms with van der Waals surface area (Å²) in [6, 6.07) is 2.02. The molecule has 0 aliphatic heterocycles. The van der Waals surface area contributed by atoms with Gasteiger partial charge < -0.3 is 10.1 Å². The first-order valence-electron chi connectivity index (χ1n) is 5.28. The zero-order valence-corrected chi connectivity index (χ0v) is 10.4. The lowest BCUT2D eigenvalue weighted by molar-refractivity contribution is 0.00983. The molecule has 0 saturated carbocycles. The van der Waals surface area contributed by atoms with Crippen molar-refractivity contribution >= 4 is 11.3 Å². The fraction of sp³-hybridized carbons (Fsp3) is 0.636. The quantitative estimate of drug-likeness (QED) is 0.802. The van der Waals surface area contributed by atoms with Gasteiger partial charge in [-0.25, -0.2) is 8.78 Å². The molecule has 2 nitrogen and oxygen atoms in total. The highest BCUT2D eigenvalue weighted by molar-refractivity contribution is 7.12. The molecular formula is C11H17F2NOS. The van der Waals surface area contributed by atoms with Crippen molar-refractivity contribution in [3.8, 4) is 0 Å². The van der Waals surface area contributed by atoms with E-state index in [1.165, 1.54) is 4.88 Å². The van der Waals surface area contributed by atoms with Gasteiger partial charge in [-0.2, -0.15) is 0 Å². The van der Waals surface area contributed by atoms with Crippen LogP contribution in [0, 0.1) is 6.92 Å². The molecule has 1 rings (SSSR count). The number of thiophene rings is 1. The molecule has 16 heavy (non-hydrogen) atoms. The van der Waals surface area contributed by atoms with E-state index in [1.807, 2.05) is 19.9 Å². The van der Waals surface area contributed by atoms with Gasteiger partial charge >= 0.3 is 0 Å². The van der Waals surface area contributed by atoms with Crippen LogP contribution < -0.4 is 5.32 Å². The van der Waals surface area contributed by atoms with Crippen LogP contribution in [0.25, 0.3) is 0 Å². The standard InChI is InChI=1S/C11H17F2NOS/c1-3-14-5-10-4-9(8(2)16-10)6-15-7-11(12)13/h4,11,14H,3,5-7H2,1-2H3. The van der Waals surface area contributed by atoms with Gasteiger partial charge in [0, 0.05) is 16.3 Å². The SMILES string of the molecule is CCNCc1cc(COCC(F)F)c(C)s1. The summed E-state index contributed by atoms with van der Waals surface area (Å²) in [5, 5.41) is 3.23. The maximum absolute atomic E-state index is 11.9. The van der Waals surface area contributed by atoms with Gasteiger partial charge in [0.2, 0.25) is 0 Å². The average Bonchev–Trinajstić information content (AvgIpc) is 2.56. The van der Waals surface area contributed by atoms with E-state index < -0.39 is 13.0 Å². The Morgan fingerprint density at radius 1 is 1.50 bits per heavy atom. The van der Waals surface area contributed by atoms with Crippen molar-refractivity contribution in [2.24, 2.45) is 0 Å². The number of ether oxygens (including phenoxy) is 1. The van der Waals surface area contributed by atoms with Crippen molar-refractivity contribution in [3.05, 3.63) is 21.4 Å². The van der Waals surface area contributed by atoms with Crippen LogP contribution in [-0.4, -0.2) is 19.6 Å². The van der Waals surface area contributed by atoms with Crippen molar-refractivity contribution in [1.29, 1.82) is 0 Å². The number of nitrogens with one attached hydrogen (secondary N) is 1. The molecule has 0 spiro atoms. The number of rotatable bonds is 7. The minimum atomic E-state index is -2.39. The summed E-state index contributed by atoms with van der Waals surface area (Å²) in [7, 11) is 0. The summed E-state index contributed by atoms with van der Waals surface area (Å²) in [5.74, 6) is 0. The molecule has 0 aromatic carbocycles. The second-order valence-corrected chi connectivity index (χ2v) is 4.82. The third kappa shape index (κ3) is 4.55. The summed E-state index contributed by atoms with van der Waals surface area (Å²) < 4.78 is 28.7. The number of aryl methyl sites for hydroxylation is 1. The minimum absolute atomic E-state index is 0.277. The molecule has 0 atom stereocenters. The van der Waals surface area contributed by atoms with Crippen molar-refractivity contribution in [3.63, 3.8) is 0 Å². The van der Waals surface area contributed by atoms with Gasteiger partial charge in [-0.1, -0.05) is 6.92 Å². The number of hydrogen-bond acceptors (Lipinski definition) is 3. The molecule has 0 saturated heterocycles. The first-order chi connectivity index (χ1) is 7.63. The fourth-order valence-electron chi connectivity index (χ4n) is 1.32. The Kier molecular flexibility index (Phi) is 5.87. The maximum Gasteiger partial charge on any atom is 0.261 e. The van der Waals surface area contributed by atoms with Crippen molar-refractivity contribution < 1.29 is 13.5 Å². The molecule has 1 aromatic heterocycles. The maximum atomic E-state index is 11.9. The van der Waals surface area contributed by atoms with Gasteiger partial charge in [-0.3, -0.25) is 0 Å². The molecule has 1 heterocycles. The molecule has 92 valence electrons. The minimum Gasteiger partial charge on any atom is -0.371 e. The lowest BCUT2D eigenvalue weighted by atomic mass is 10.2. The molecule has 0 aliphatic rings. The van der Waals surface area contributed by atoms with Crippen LogP contribution >= 0.6 is 11.3 Å². The molecular weight excluding hydrogens is 232 g/mol. The zero-order valence-electron chi connectivity index (χ0n) is 9.56. The van der Waals surface area contributed by atoms with E-state index in [0.717, 1.165) is 23.5 Å². The smallest absolute Gasteiger partial charge is 0.261 e. The molecule has 0 bridgehead atoms. The molecule has 0 radical (unpaired) electrons. The topological polar surface area (TPSA) is 21.3 Å². The number of halogens is 2. The van der Waals surface area contributed by atoms with Crippen LogP contribution in [-0.2, 0) is 17.9 Å². The Labute approximate surface area is 98.6 Å². The van der Waals surface area contributed by atoms with Gasteiger partial charge in [-0.15, -0.1) is 11.3 Å². The second kappa shape index (κ2) is 6.93. The second-order valence-electron chi connectivity index (χ2n) is 3.48. The van der Waals surface area contributed by atoms with E-state index in [0.29, 0.717) is 0 Å². The Balaban J connectivity index is 2.43. The highest BCUT2D eigenvalue weighted by Crippen LogP contribution is 2.22. The third-order valence-corrected chi connectivity index (χ3v) is 3.22. The third-order valence-electron chi connectivity index (χ3n) is 2.12. The largest absolute Gasteiger partial charge is 0.371 e. The highest BCUT2D eigenvalue weighted by Gasteiger charge is 2.07. The lowest BCUT2D eigenvalue weighted by Crippen LogP contribution is -2.10. The van der Waals surface area contributed by atoms with E-state index in [1.54, 1.807) is 11.3 Å². The molecule has 1 N–H and O–H groups in total. The van der Waals surface area contributed by atoms with Crippen LogP contribution in [0.4, 0.5) is 8.78 Å². The Morgan fingerprint density at radius 2 is 2.25 bits per heavy atom. The van der Waals surface area contributed by atoms with Crippen LogP contribution in [0.15, 0.2) is 6.07 Å². The van der Waals surface area contributed by atoms with Crippen LogP contribution in [0.3, 0.4) is 0 Å². The molecule has 0 unspecified atom stereocenters. The van der Waals surface area contributed by atoms with Crippen molar-refractivity contribution in [1.82, 2.24) is 5.32 Å². The van der Waals surface area contributed by atoms with Crippen LogP contribution in [0.5, 0.6) is 0 Å². The van der Waals surface area contributed by atoms with Gasteiger partial charge in [0.05, 0.1) is 6.61 Å². The van der Waals surface area contributed by atoms with Crippen LogP contribution in [0.2, 0.25) is 0 Å². The molecule has 1 aromatic rings. The van der Waals surface area contributed by atoms with Gasteiger partial charge in [0.15, 0.2) is 0 Å². The zero-order chi connectivity index (χ0) is 12.0. The van der Waals surface area contributed by atoms with Gasteiger partial charge in [0.25, 0.3) is 6.43 Å². The normalized spacial score (nSPS) is 11.3. The van der Waals surface area contributed by atoms with E-state index >= 15 is 0 Å². The predicted molar refractivity (Wildman–Crippen MR) is 62.1 cm³/mol. The first-order valence-corrected chi connectivity index (χ1v) is 6.10. The van der Waals surface area contributed by atoms with E-state index in [4.69, 9.17) is 4.74 Å². The fourth-order valence-corrected chi connectivity index (χ4v) is 2.34. The summed E-state index contributed by atoms with van der Waals surface area (Å²) in [6.07, 6.45) is -2.39. The summed E-state index contributed by atoms with van der Waals surface area (Å²) >= 11 is 1.68. The molecule has 5 heteroatoms. The highest BCUT2D eigenvalue weighted by atomic mass is 32.1. The van der Waals surface area contributed by atoms with E-state index in [-0.39, 0.29) is 6.61 Å². The monoisotopic (exact) mass is 249 g/mol. The Hall–Kier alpha value is -0.520. The van der Waals surface area contributed by atoms with Gasteiger partial charge in [-0.05, 0) is 25.1 Å².